The molecule has 0 bridgehead atoms. The Morgan fingerprint density at radius 3 is 2.78 bits per heavy atom. The summed E-state index contributed by atoms with van der Waals surface area (Å²) in [4.78, 5) is 41.2. The topological polar surface area (TPSA) is 88.6 Å². The minimum atomic E-state index is -0.553. The maximum absolute atomic E-state index is 12.4. The predicted octanol–water partition coefficient (Wildman–Crippen LogP) is 1.74. The van der Waals surface area contributed by atoms with E-state index in [-0.39, 0.29) is 5.91 Å². The molecule has 0 aromatic carbocycles. The highest BCUT2D eigenvalue weighted by atomic mass is 32.2. The molecule has 7 nitrogen and oxygen atoms in total. The Kier molecular flexibility index (Phi) is 5.30. The van der Waals surface area contributed by atoms with Gasteiger partial charge in [-0.15, -0.1) is 11.8 Å². The summed E-state index contributed by atoms with van der Waals surface area (Å²) in [6.07, 6.45) is 1.26. The molecule has 2 heterocycles. The summed E-state index contributed by atoms with van der Waals surface area (Å²) in [5.74, 6) is -0.247. The number of hydrogen-bond acceptors (Lipinski definition) is 7. The van der Waals surface area contributed by atoms with Crippen molar-refractivity contribution in [1.29, 1.82) is 0 Å². The van der Waals surface area contributed by atoms with Crippen LogP contribution in [-0.2, 0) is 20.7 Å². The first-order valence-electron chi connectivity index (χ1n) is 7.10. The number of rotatable bonds is 5. The van der Waals surface area contributed by atoms with Crippen LogP contribution in [0.5, 0.6) is 0 Å². The lowest BCUT2D eigenvalue weighted by molar-refractivity contribution is -0.130. The number of ether oxygens (including phenoxy) is 1. The van der Waals surface area contributed by atoms with E-state index >= 15 is 0 Å². The van der Waals surface area contributed by atoms with E-state index in [1.165, 1.54) is 12.0 Å². The fourth-order valence-electron chi connectivity index (χ4n) is 2.30. The van der Waals surface area contributed by atoms with Crippen molar-refractivity contribution in [2.24, 2.45) is 0 Å². The van der Waals surface area contributed by atoms with Crippen LogP contribution in [0.4, 0.5) is 5.13 Å². The lowest BCUT2D eigenvalue weighted by Crippen LogP contribution is -2.47. The summed E-state index contributed by atoms with van der Waals surface area (Å²) in [6, 6.07) is -0.553. The van der Waals surface area contributed by atoms with Crippen LogP contribution in [0.2, 0.25) is 0 Å². The minimum absolute atomic E-state index is 0.303. The SMILES string of the molecule is CCc1nc(NC(=O)C2CSC(C)(C)N2C=O)sc1C(=O)OC. The zero-order valence-electron chi connectivity index (χ0n) is 13.4. The van der Waals surface area contributed by atoms with Gasteiger partial charge in [0.15, 0.2) is 5.13 Å². The normalized spacial score (nSPS) is 19.5. The van der Waals surface area contributed by atoms with Crippen LogP contribution in [0.15, 0.2) is 0 Å². The monoisotopic (exact) mass is 357 g/mol. The standard InChI is InChI=1S/C14H19N3O4S2/c1-5-8-10(12(20)21-4)23-13(15-8)16-11(19)9-6-22-14(2,3)17(9)7-18/h7,9H,5-6H2,1-4H3,(H,15,16,19). The second kappa shape index (κ2) is 6.88. The summed E-state index contributed by atoms with van der Waals surface area (Å²) >= 11 is 2.62. The van der Waals surface area contributed by atoms with Gasteiger partial charge in [-0.05, 0) is 20.3 Å². The molecule has 1 atom stereocenters. The maximum Gasteiger partial charge on any atom is 0.350 e. The Morgan fingerprint density at radius 2 is 2.22 bits per heavy atom. The van der Waals surface area contributed by atoms with Crippen molar-refractivity contribution >= 4 is 46.5 Å². The highest BCUT2D eigenvalue weighted by molar-refractivity contribution is 8.00. The van der Waals surface area contributed by atoms with Gasteiger partial charge in [-0.1, -0.05) is 18.3 Å². The van der Waals surface area contributed by atoms with Crippen molar-refractivity contribution in [3.63, 3.8) is 0 Å². The number of thioether (sulfide) groups is 1. The smallest absolute Gasteiger partial charge is 0.350 e. The number of hydrogen-bond donors (Lipinski definition) is 1. The molecule has 1 aromatic rings. The number of aromatic nitrogens is 1. The van der Waals surface area contributed by atoms with Gasteiger partial charge in [0.1, 0.15) is 10.9 Å². The zero-order chi connectivity index (χ0) is 17.2. The van der Waals surface area contributed by atoms with Gasteiger partial charge in [0.05, 0.1) is 17.7 Å². The quantitative estimate of drug-likeness (QED) is 0.638. The molecule has 1 aliphatic rings. The van der Waals surface area contributed by atoms with Crippen molar-refractivity contribution in [2.45, 2.75) is 38.1 Å². The number of aryl methyl sites for hydroxylation is 1. The van der Waals surface area contributed by atoms with Gasteiger partial charge >= 0.3 is 5.97 Å². The second-order valence-corrected chi connectivity index (χ2v) is 8.04. The highest BCUT2D eigenvalue weighted by Crippen LogP contribution is 2.38. The number of nitrogens with zero attached hydrogens (tertiary/aromatic N) is 2. The fourth-order valence-corrected chi connectivity index (χ4v) is 4.47. The Bertz CT molecular complexity index is 630. The molecule has 9 heteroatoms. The molecule has 1 N–H and O–H groups in total. The molecular weight excluding hydrogens is 338 g/mol. The van der Waals surface area contributed by atoms with Gasteiger partial charge in [0.25, 0.3) is 0 Å². The van der Waals surface area contributed by atoms with Gasteiger partial charge in [-0.3, -0.25) is 9.59 Å². The van der Waals surface area contributed by atoms with E-state index in [1.807, 2.05) is 20.8 Å². The molecule has 126 valence electrons. The molecule has 1 saturated heterocycles. The van der Waals surface area contributed by atoms with E-state index < -0.39 is 16.9 Å². The Hall–Kier alpha value is -1.61. The van der Waals surface area contributed by atoms with Crippen LogP contribution in [0.25, 0.3) is 0 Å². The van der Waals surface area contributed by atoms with Crippen LogP contribution in [0.3, 0.4) is 0 Å². The number of esters is 1. The molecule has 1 aromatic heterocycles. The van der Waals surface area contributed by atoms with Gasteiger partial charge in [0.2, 0.25) is 12.3 Å². The van der Waals surface area contributed by atoms with Crippen LogP contribution in [0.1, 0.15) is 36.1 Å². The molecule has 1 fully saturated rings. The molecule has 0 saturated carbocycles. The highest BCUT2D eigenvalue weighted by Gasteiger charge is 2.43. The van der Waals surface area contributed by atoms with E-state index in [1.54, 1.807) is 11.8 Å². The van der Waals surface area contributed by atoms with Crippen LogP contribution in [0, 0.1) is 0 Å². The molecule has 23 heavy (non-hydrogen) atoms. The molecule has 2 amide bonds. The lowest BCUT2D eigenvalue weighted by Gasteiger charge is -2.29. The summed E-state index contributed by atoms with van der Waals surface area (Å²) < 4.78 is 4.72. The zero-order valence-corrected chi connectivity index (χ0v) is 15.0. The van der Waals surface area contributed by atoms with E-state index in [0.717, 1.165) is 11.3 Å². The third-order valence-corrected chi connectivity index (χ3v) is 5.99. The second-order valence-electron chi connectivity index (χ2n) is 5.42. The molecule has 0 radical (unpaired) electrons. The number of anilines is 1. The number of methoxy groups -OCH3 is 1. The Balaban J connectivity index is 2.16. The van der Waals surface area contributed by atoms with Crippen LogP contribution < -0.4 is 5.32 Å². The third kappa shape index (κ3) is 3.50. The predicted molar refractivity (Wildman–Crippen MR) is 89.7 cm³/mol. The average molecular weight is 357 g/mol. The molecule has 1 aliphatic heterocycles. The number of thiazole rings is 1. The summed E-state index contributed by atoms with van der Waals surface area (Å²) in [5.41, 5.74) is 0.588. The summed E-state index contributed by atoms with van der Waals surface area (Å²) in [7, 11) is 1.31. The van der Waals surface area contributed by atoms with Crippen molar-refractivity contribution in [1.82, 2.24) is 9.88 Å². The lowest BCUT2D eigenvalue weighted by atomic mass is 10.2. The van der Waals surface area contributed by atoms with Crippen LogP contribution in [-0.4, -0.2) is 51.9 Å². The number of amides is 2. The first kappa shape index (κ1) is 17.7. The number of carbonyl (C=O) groups is 3. The Morgan fingerprint density at radius 1 is 1.52 bits per heavy atom. The molecule has 2 rings (SSSR count). The van der Waals surface area contributed by atoms with Crippen LogP contribution >= 0.6 is 23.1 Å². The van der Waals surface area contributed by atoms with E-state index in [2.05, 4.69) is 10.3 Å². The van der Waals surface area contributed by atoms with E-state index in [9.17, 15) is 14.4 Å². The van der Waals surface area contributed by atoms with Crippen molar-refractivity contribution < 1.29 is 19.1 Å². The van der Waals surface area contributed by atoms with E-state index in [0.29, 0.717) is 34.3 Å². The fraction of sp³-hybridized carbons (Fsp3) is 0.571. The minimum Gasteiger partial charge on any atom is -0.465 e. The average Bonchev–Trinajstić information content (AvgIpc) is 3.06. The number of carbonyl (C=O) groups excluding carboxylic acids is 3. The van der Waals surface area contributed by atoms with Crippen molar-refractivity contribution in [2.75, 3.05) is 18.2 Å². The first-order chi connectivity index (χ1) is 10.8. The van der Waals surface area contributed by atoms with Crippen molar-refractivity contribution in [3.05, 3.63) is 10.6 Å². The molecule has 1 unspecified atom stereocenters. The summed E-state index contributed by atoms with van der Waals surface area (Å²) in [5, 5.41) is 3.05. The third-order valence-electron chi connectivity index (χ3n) is 3.60. The van der Waals surface area contributed by atoms with Gasteiger partial charge in [0, 0.05) is 5.75 Å². The Labute approximate surface area is 142 Å². The largest absolute Gasteiger partial charge is 0.465 e. The maximum atomic E-state index is 12.4. The molecular formula is C14H19N3O4S2. The van der Waals surface area contributed by atoms with Gasteiger partial charge < -0.3 is 15.0 Å². The van der Waals surface area contributed by atoms with Crippen molar-refractivity contribution in [3.8, 4) is 0 Å². The molecule has 0 aliphatic carbocycles. The molecule has 0 spiro atoms. The van der Waals surface area contributed by atoms with Gasteiger partial charge in [-0.2, -0.15) is 0 Å². The number of nitrogens with one attached hydrogen (secondary N) is 1. The first-order valence-corrected chi connectivity index (χ1v) is 8.90. The summed E-state index contributed by atoms with van der Waals surface area (Å²) in [6.45, 7) is 5.66. The van der Waals surface area contributed by atoms with Gasteiger partial charge in [-0.25, -0.2) is 9.78 Å². The van der Waals surface area contributed by atoms with E-state index in [4.69, 9.17) is 4.74 Å².